The lowest BCUT2D eigenvalue weighted by Crippen LogP contribution is -2.40. The van der Waals surface area contributed by atoms with E-state index in [9.17, 15) is 0 Å². The molecule has 2 unspecified atom stereocenters. The number of nitrogens with zero attached hydrogens (tertiary/aromatic N) is 2. The Morgan fingerprint density at radius 2 is 2.06 bits per heavy atom. The first-order chi connectivity index (χ1) is 7.63. The third kappa shape index (κ3) is 4.35. The zero-order valence-corrected chi connectivity index (χ0v) is 11.0. The van der Waals surface area contributed by atoms with Gasteiger partial charge in [-0.2, -0.15) is 5.10 Å². The fourth-order valence-electron chi connectivity index (χ4n) is 1.99. The predicted octanol–water partition coefficient (Wildman–Crippen LogP) is 2.69. The van der Waals surface area contributed by atoms with E-state index in [2.05, 4.69) is 38.1 Å². The van der Waals surface area contributed by atoms with E-state index in [0.717, 1.165) is 13.0 Å². The molecule has 0 radical (unpaired) electrons. The molecule has 0 saturated heterocycles. The molecule has 3 nitrogen and oxygen atoms in total. The van der Waals surface area contributed by atoms with Crippen molar-refractivity contribution in [3.8, 4) is 0 Å². The average molecular weight is 223 g/mol. The number of nitrogens with one attached hydrogen (secondary N) is 1. The Bertz CT molecular complexity index is 267. The Morgan fingerprint density at radius 1 is 1.31 bits per heavy atom. The van der Waals surface area contributed by atoms with Crippen LogP contribution in [-0.4, -0.2) is 21.9 Å². The van der Waals surface area contributed by atoms with Crippen LogP contribution < -0.4 is 5.32 Å². The minimum Gasteiger partial charge on any atom is -0.311 e. The summed E-state index contributed by atoms with van der Waals surface area (Å²) in [5.74, 6) is 0.706. The molecule has 3 heteroatoms. The molecule has 0 aliphatic heterocycles. The van der Waals surface area contributed by atoms with Gasteiger partial charge in [-0.1, -0.05) is 20.8 Å². The first-order valence-corrected chi connectivity index (χ1v) is 6.37. The van der Waals surface area contributed by atoms with Gasteiger partial charge in [-0.25, -0.2) is 0 Å². The zero-order chi connectivity index (χ0) is 12.0. The fraction of sp³-hybridized carbons (Fsp3) is 0.769. The highest BCUT2D eigenvalue weighted by atomic mass is 15.3. The van der Waals surface area contributed by atoms with Gasteiger partial charge in [0, 0.05) is 31.0 Å². The molecule has 0 aromatic carbocycles. The molecule has 1 heterocycles. The normalized spacial score (nSPS) is 15.3. The van der Waals surface area contributed by atoms with Crippen LogP contribution in [0, 0.1) is 5.92 Å². The van der Waals surface area contributed by atoms with E-state index in [1.54, 1.807) is 0 Å². The Kier molecular flexibility index (Phi) is 5.53. The molecule has 1 aromatic rings. The van der Waals surface area contributed by atoms with Crippen LogP contribution in [0.3, 0.4) is 0 Å². The van der Waals surface area contributed by atoms with E-state index in [0.29, 0.717) is 18.0 Å². The van der Waals surface area contributed by atoms with E-state index in [1.807, 2.05) is 23.1 Å². The maximum absolute atomic E-state index is 4.21. The molecular weight excluding hydrogens is 198 g/mol. The van der Waals surface area contributed by atoms with Gasteiger partial charge in [-0.3, -0.25) is 4.68 Å². The van der Waals surface area contributed by atoms with Crippen LogP contribution in [0.25, 0.3) is 0 Å². The van der Waals surface area contributed by atoms with Crippen LogP contribution in [0.4, 0.5) is 0 Å². The lowest BCUT2D eigenvalue weighted by atomic mass is 10.0. The summed E-state index contributed by atoms with van der Waals surface area (Å²) in [6.07, 6.45) is 6.18. The van der Waals surface area contributed by atoms with Gasteiger partial charge < -0.3 is 5.32 Å². The highest BCUT2D eigenvalue weighted by Gasteiger charge is 2.13. The Hall–Kier alpha value is -0.830. The number of aromatic nitrogens is 2. The van der Waals surface area contributed by atoms with Gasteiger partial charge in [0.05, 0.1) is 0 Å². The van der Waals surface area contributed by atoms with Crippen LogP contribution in [-0.2, 0) is 6.54 Å². The van der Waals surface area contributed by atoms with E-state index < -0.39 is 0 Å². The standard InChI is InChI=1S/C13H25N3/c1-5-13(11(2)3)15-12(4)7-10-16-9-6-8-14-16/h6,8-9,11-13,15H,5,7,10H2,1-4H3. The van der Waals surface area contributed by atoms with Crippen molar-refractivity contribution in [1.29, 1.82) is 0 Å². The van der Waals surface area contributed by atoms with Crippen LogP contribution in [0.2, 0.25) is 0 Å². The summed E-state index contributed by atoms with van der Waals surface area (Å²) in [7, 11) is 0. The summed E-state index contributed by atoms with van der Waals surface area (Å²) in [5, 5.41) is 7.90. The van der Waals surface area contributed by atoms with Crippen LogP contribution in [0.15, 0.2) is 18.5 Å². The Morgan fingerprint density at radius 3 is 2.56 bits per heavy atom. The van der Waals surface area contributed by atoms with Crippen molar-refractivity contribution in [1.82, 2.24) is 15.1 Å². The molecule has 0 bridgehead atoms. The monoisotopic (exact) mass is 223 g/mol. The van der Waals surface area contributed by atoms with Gasteiger partial charge in [-0.05, 0) is 31.7 Å². The fourth-order valence-corrected chi connectivity index (χ4v) is 1.99. The highest BCUT2D eigenvalue weighted by Crippen LogP contribution is 2.07. The molecule has 1 N–H and O–H groups in total. The maximum atomic E-state index is 4.21. The van der Waals surface area contributed by atoms with Crippen LogP contribution >= 0.6 is 0 Å². The quantitative estimate of drug-likeness (QED) is 0.770. The summed E-state index contributed by atoms with van der Waals surface area (Å²) in [6, 6.07) is 3.16. The molecule has 0 fully saturated rings. The summed E-state index contributed by atoms with van der Waals surface area (Å²) in [6.45, 7) is 10.1. The second-order valence-electron chi connectivity index (χ2n) is 4.88. The number of rotatable bonds is 7. The third-order valence-corrected chi connectivity index (χ3v) is 3.09. The summed E-state index contributed by atoms with van der Waals surface area (Å²) >= 11 is 0. The van der Waals surface area contributed by atoms with Crippen molar-refractivity contribution in [3.05, 3.63) is 18.5 Å². The molecule has 16 heavy (non-hydrogen) atoms. The van der Waals surface area contributed by atoms with Gasteiger partial charge in [0.15, 0.2) is 0 Å². The second-order valence-corrected chi connectivity index (χ2v) is 4.88. The van der Waals surface area contributed by atoms with E-state index >= 15 is 0 Å². The molecule has 1 rings (SSSR count). The minimum absolute atomic E-state index is 0.552. The largest absolute Gasteiger partial charge is 0.311 e. The summed E-state index contributed by atoms with van der Waals surface area (Å²) in [4.78, 5) is 0. The zero-order valence-electron chi connectivity index (χ0n) is 11.0. The van der Waals surface area contributed by atoms with Crippen molar-refractivity contribution in [3.63, 3.8) is 0 Å². The Balaban J connectivity index is 2.27. The van der Waals surface area contributed by atoms with E-state index in [4.69, 9.17) is 0 Å². The average Bonchev–Trinajstić information content (AvgIpc) is 2.75. The molecule has 0 amide bonds. The van der Waals surface area contributed by atoms with Crippen molar-refractivity contribution < 1.29 is 0 Å². The van der Waals surface area contributed by atoms with Crippen LogP contribution in [0.1, 0.15) is 40.5 Å². The maximum Gasteiger partial charge on any atom is 0.0489 e. The molecule has 92 valence electrons. The van der Waals surface area contributed by atoms with E-state index in [1.165, 1.54) is 6.42 Å². The third-order valence-electron chi connectivity index (χ3n) is 3.09. The molecule has 0 aliphatic carbocycles. The van der Waals surface area contributed by atoms with Crippen molar-refractivity contribution in [2.45, 2.75) is 59.2 Å². The van der Waals surface area contributed by atoms with Crippen molar-refractivity contribution in [2.24, 2.45) is 5.92 Å². The lowest BCUT2D eigenvalue weighted by molar-refractivity contribution is 0.333. The number of aryl methyl sites for hydroxylation is 1. The SMILES string of the molecule is CCC(NC(C)CCn1cccn1)C(C)C. The lowest BCUT2D eigenvalue weighted by Gasteiger charge is -2.25. The molecule has 0 spiro atoms. The molecule has 0 aliphatic rings. The smallest absolute Gasteiger partial charge is 0.0489 e. The van der Waals surface area contributed by atoms with Crippen LogP contribution in [0.5, 0.6) is 0 Å². The number of hydrogen-bond donors (Lipinski definition) is 1. The summed E-state index contributed by atoms with van der Waals surface area (Å²) in [5.41, 5.74) is 0. The van der Waals surface area contributed by atoms with Gasteiger partial charge in [0.1, 0.15) is 0 Å². The van der Waals surface area contributed by atoms with Crippen molar-refractivity contribution >= 4 is 0 Å². The van der Waals surface area contributed by atoms with E-state index in [-0.39, 0.29) is 0 Å². The molecule has 0 saturated carbocycles. The Labute approximate surface area is 99.2 Å². The van der Waals surface area contributed by atoms with Gasteiger partial charge in [-0.15, -0.1) is 0 Å². The van der Waals surface area contributed by atoms with Gasteiger partial charge >= 0.3 is 0 Å². The summed E-state index contributed by atoms with van der Waals surface area (Å²) < 4.78 is 1.99. The van der Waals surface area contributed by atoms with Gasteiger partial charge in [0.2, 0.25) is 0 Å². The molecular formula is C13H25N3. The molecule has 1 aromatic heterocycles. The first kappa shape index (κ1) is 13.2. The number of hydrogen-bond acceptors (Lipinski definition) is 2. The molecule has 2 atom stereocenters. The first-order valence-electron chi connectivity index (χ1n) is 6.37. The van der Waals surface area contributed by atoms with Crippen molar-refractivity contribution in [2.75, 3.05) is 0 Å². The minimum atomic E-state index is 0.552. The highest BCUT2D eigenvalue weighted by molar-refractivity contribution is 4.79. The second kappa shape index (κ2) is 6.69. The van der Waals surface area contributed by atoms with Gasteiger partial charge in [0.25, 0.3) is 0 Å². The predicted molar refractivity (Wildman–Crippen MR) is 68.4 cm³/mol. The topological polar surface area (TPSA) is 29.9 Å².